The Hall–Kier alpha value is -6.33. The van der Waals surface area contributed by atoms with E-state index in [1.54, 1.807) is 24.3 Å². The normalized spacial score (nSPS) is 20.0. The van der Waals surface area contributed by atoms with E-state index in [0.717, 1.165) is 117 Å². The Morgan fingerprint density at radius 3 is 2.36 bits per heavy atom. The summed E-state index contributed by atoms with van der Waals surface area (Å²) in [6.45, 7) is 11.9. The fourth-order valence-electron chi connectivity index (χ4n) is 10.6. The third kappa shape index (κ3) is 7.63. The number of benzene rings is 3. The molecule has 332 valence electrons. The van der Waals surface area contributed by atoms with Gasteiger partial charge in [0.1, 0.15) is 11.8 Å². The summed E-state index contributed by atoms with van der Waals surface area (Å²) >= 11 is 0. The van der Waals surface area contributed by atoms with Crippen molar-refractivity contribution < 1.29 is 33.5 Å². The quantitative estimate of drug-likeness (QED) is 0.127. The topological polar surface area (TPSA) is 176 Å². The van der Waals surface area contributed by atoms with Gasteiger partial charge in [0.25, 0.3) is 11.8 Å². The van der Waals surface area contributed by atoms with Crippen LogP contribution in [-0.4, -0.2) is 113 Å². The van der Waals surface area contributed by atoms with E-state index < -0.39 is 35.1 Å². The lowest BCUT2D eigenvalue weighted by atomic mass is 9.70. The summed E-state index contributed by atoms with van der Waals surface area (Å²) in [5.74, 6) is -1.68. The summed E-state index contributed by atoms with van der Waals surface area (Å²) in [7, 11) is 0. The van der Waals surface area contributed by atoms with E-state index in [1.807, 2.05) is 17.0 Å². The number of aromatic nitrogens is 1. The minimum Gasteiger partial charge on any atom is -0.493 e. The highest BCUT2D eigenvalue weighted by Gasteiger charge is 2.46. The van der Waals surface area contributed by atoms with Crippen molar-refractivity contribution in [2.75, 3.05) is 50.8 Å². The zero-order valence-electron chi connectivity index (χ0n) is 36.9. The number of anilines is 1. The number of nitriles is 1. The number of unbranched alkanes of at least 4 members (excludes halogenated alkanes) is 3. The third-order valence-electron chi connectivity index (χ3n) is 14.3. The van der Waals surface area contributed by atoms with Crippen LogP contribution in [0.15, 0.2) is 48.5 Å². The molecule has 14 heteroatoms. The molecule has 64 heavy (non-hydrogen) atoms. The van der Waals surface area contributed by atoms with Crippen LogP contribution in [0.25, 0.3) is 10.9 Å². The van der Waals surface area contributed by atoms with Crippen LogP contribution in [-0.2, 0) is 26.2 Å². The van der Waals surface area contributed by atoms with Gasteiger partial charge in [-0.05, 0) is 86.1 Å². The molecule has 0 spiro atoms. The zero-order chi connectivity index (χ0) is 44.9. The van der Waals surface area contributed by atoms with Crippen LogP contribution in [0.4, 0.5) is 5.69 Å². The molecule has 9 rings (SSSR count). The molecule has 0 saturated carbocycles. The minimum absolute atomic E-state index is 0.0385. The van der Waals surface area contributed by atoms with Gasteiger partial charge in [0, 0.05) is 91.4 Å². The molecule has 0 bridgehead atoms. The van der Waals surface area contributed by atoms with Gasteiger partial charge >= 0.3 is 0 Å². The SMILES string of the molecule is CCc1cc2c(cc1N1CCC(N3CCN(C(=O)CCCCCCOc4cccc5c4C(=O)N(C4CCC(=O)NC4=O)C5=O)CC3)CC1)C(C)(C)c1[nH]c3cc(C#N)ccc3c1C2=O. The number of piperidine rings is 2. The van der Waals surface area contributed by atoms with E-state index >= 15 is 0 Å². The van der Waals surface area contributed by atoms with Gasteiger partial charge in [-0.25, -0.2) is 0 Å². The highest BCUT2D eigenvalue weighted by Crippen LogP contribution is 2.46. The second-order valence-corrected chi connectivity index (χ2v) is 18.4. The summed E-state index contributed by atoms with van der Waals surface area (Å²) in [5, 5.41) is 12.6. The summed E-state index contributed by atoms with van der Waals surface area (Å²) in [5.41, 5.74) is 7.11. The van der Waals surface area contributed by atoms with Crippen LogP contribution < -0.4 is 15.0 Å². The average Bonchev–Trinajstić information content (AvgIpc) is 3.82. The molecule has 5 heterocycles. The summed E-state index contributed by atoms with van der Waals surface area (Å²) in [6.07, 6.45) is 6.78. The molecular formula is C50H55N7O7. The number of amides is 5. The highest BCUT2D eigenvalue weighted by molar-refractivity contribution is 6.24. The maximum atomic E-state index is 14.1. The number of ketones is 1. The number of ether oxygens (including phenoxy) is 1. The Morgan fingerprint density at radius 2 is 1.62 bits per heavy atom. The third-order valence-corrected chi connectivity index (χ3v) is 14.3. The molecule has 3 fully saturated rings. The number of nitrogens with zero attached hydrogens (tertiary/aromatic N) is 5. The number of nitrogens with one attached hydrogen (secondary N) is 2. The van der Waals surface area contributed by atoms with Gasteiger partial charge in [-0.15, -0.1) is 0 Å². The molecule has 4 aliphatic heterocycles. The Kier molecular flexibility index (Phi) is 11.6. The first-order chi connectivity index (χ1) is 30.9. The van der Waals surface area contributed by atoms with Gasteiger partial charge in [0.05, 0.1) is 34.9 Å². The second kappa shape index (κ2) is 17.3. The average molecular weight is 866 g/mol. The summed E-state index contributed by atoms with van der Waals surface area (Å²) in [6, 6.07) is 16.4. The minimum atomic E-state index is -1.03. The standard InChI is InChI=1S/C50H55N7O7/c1-4-31-27-35-36(50(2,3)46-44(45(35)60)33-14-13-30(29-51)26-37(33)52-46)28-39(31)55-19-17-32(18-20-55)54-21-23-56(24-22-54)42(59)12-7-5-6-8-25-64-40-11-9-10-34-43(40)49(63)57(48(34)62)38-15-16-41(58)53-47(38)61/h9-11,13-14,26-28,32,38,52H,4-8,12,15-25H2,1-3H3,(H,53,58,61). The maximum Gasteiger partial charge on any atom is 0.266 e. The fraction of sp³-hybridized carbons (Fsp3) is 0.460. The number of carbonyl (C=O) groups is 6. The van der Waals surface area contributed by atoms with Gasteiger partial charge in [0.15, 0.2) is 5.78 Å². The number of hydrogen-bond donors (Lipinski definition) is 2. The van der Waals surface area contributed by atoms with Crippen LogP contribution in [0.5, 0.6) is 5.75 Å². The van der Waals surface area contributed by atoms with Gasteiger partial charge in [-0.1, -0.05) is 45.7 Å². The molecular weight excluding hydrogens is 811 g/mol. The highest BCUT2D eigenvalue weighted by atomic mass is 16.5. The number of piperazine rings is 1. The van der Waals surface area contributed by atoms with E-state index in [4.69, 9.17) is 4.74 Å². The van der Waals surface area contributed by atoms with Crippen LogP contribution in [0.1, 0.15) is 138 Å². The monoisotopic (exact) mass is 865 g/mol. The number of H-pyrrole nitrogens is 1. The van der Waals surface area contributed by atoms with E-state index in [0.29, 0.717) is 35.9 Å². The van der Waals surface area contributed by atoms with Gasteiger partial charge < -0.3 is 19.5 Å². The van der Waals surface area contributed by atoms with Crippen LogP contribution >= 0.6 is 0 Å². The zero-order valence-corrected chi connectivity index (χ0v) is 36.9. The molecule has 3 saturated heterocycles. The Bertz CT molecular complexity index is 2630. The molecule has 5 amide bonds. The first kappa shape index (κ1) is 42.9. The summed E-state index contributed by atoms with van der Waals surface area (Å²) in [4.78, 5) is 89.4. The lowest BCUT2D eigenvalue weighted by Gasteiger charge is -2.44. The Morgan fingerprint density at radius 1 is 0.859 bits per heavy atom. The predicted octanol–water partition coefficient (Wildman–Crippen LogP) is 6.02. The van der Waals surface area contributed by atoms with Crippen LogP contribution in [0.2, 0.25) is 0 Å². The van der Waals surface area contributed by atoms with Crippen molar-refractivity contribution in [2.24, 2.45) is 0 Å². The number of aryl methyl sites for hydroxylation is 1. The number of rotatable bonds is 12. The summed E-state index contributed by atoms with van der Waals surface area (Å²) < 4.78 is 5.97. The number of fused-ring (bicyclic) bond motifs is 5. The molecule has 1 atom stereocenters. The number of aromatic amines is 1. The van der Waals surface area contributed by atoms with Crippen LogP contribution in [0, 0.1) is 11.3 Å². The molecule has 14 nitrogen and oxygen atoms in total. The van der Waals surface area contributed by atoms with Crippen molar-refractivity contribution in [3.63, 3.8) is 0 Å². The predicted molar refractivity (Wildman–Crippen MR) is 239 cm³/mol. The Labute approximate surface area is 372 Å². The second-order valence-electron chi connectivity index (χ2n) is 18.4. The molecule has 1 aliphatic carbocycles. The molecule has 1 unspecified atom stereocenters. The lowest BCUT2D eigenvalue weighted by Crippen LogP contribution is -2.54. The smallest absolute Gasteiger partial charge is 0.266 e. The van der Waals surface area contributed by atoms with Crippen molar-refractivity contribution in [3.05, 3.63) is 93.2 Å². The molecule has 1 aromatic heterocycles. The first-order valence-corrected chi connectivity index (χ1v) is 22.9. The number of carbonyl (C=O) groups excluding carboxylic acids is 6. The molecule has 5 aliphatic rings. The fourth-order valence-corrected chi connectivity index (χ4v) is 10.6. The van der Waals surface area contributed by atoms with Crippen LogP contribution in [0.3, 0.4) is 0 Å². The molecule has 3 aromatic carbocycles. The molecule has 4 aromatic rings. The van der Waals surface area contributed by atoms with E-state index in [2.05, 4.69) is 59.1 Å². The van der Waals surface area contributed by atoms with Crippen molar-refractivity contribution >= 4 is 51.9 Å². The van der Waals surface area contributed by atoms with Gasteiger partial charge in [-0.2, -0.15) is 5.26 Å². The van der Waals surface area contributed by atoms with Crippen molar-refractivity contribution in [2.45, 2.75) is 102 Å². The van der Waals surface area contributed by atoms with E-state index in [-0.39, 0.29) is 35.7 Å². The van der Waals surface area contributed by atoms with E-state index in [1.165, 1.54) is 11.3 Å². The molecule has 0 radical (unpaired) electrons. The van der Waals surface area contributed by atoms with Gasteiger partial charge in [0.2, 0.25) is 17.7 Å². The van der Waals surface area contributed by atoms with Gasteiger partial charge in [-0.3, -0.25) is 43.9 Å². The Balaban J connectivity index is 0.715. The number of imide groups is 2. The van der Waals surface area contributed by atoms with Crippen molar-refractivity contribution in [1.29, 1.82) is 5.26 Å². The van der Waals surface area contributed by atoms with Crippen molar-refractivity contribution in [3.8, 4) is 11.8 Å². The molecule has 2 N–H and O–H groups in total. The maximum absolute atomic E-state index is 14.1. The number of hydrogen-bond acceptors (Lipinski definition) is 10. The van der Waals surface area contributed by atoms with E-state index in [9.17, 15) is 34.0 Å². The lowest BCUT2D eigenvalue weighted by molar-refractivity contribution is -0.136. The van der Waals surface area contributed by atoms with Crippen molar-refractivity contribution in [1.82, 2.24) is 25.0 Å². The first-order valence-electron chi connectivity index (χ1n) is 22.9. The largest absolute Gasteiger partial charge is 0.493 e.